The summed E-state index contributed by atoms with van der Waals surface area (Å²) in [5, 5.41) is 4.45. The van der Waals surface area contributed by atoms with Crippen LogP contribution >= 0.6 is 0 Å². The Morgan fingerprint density at radius 3 is 1.19 bits per heavy atom. The molecule has 68 heavy (non-hydrogen) atoms. The molecule has 4 heterocycles. The van der Waals surface area contributed by atoms with Gasteiger partial charge in [0.1, 0.15) is 0 Å². The quantitative estimate of drug-likeness (QED) is 0.151. The summed E-state index contributed by atoms with van der Waals surface area (Å²) >= 11 is 0. The molecule has 0 unspecified atom stereocenters. The van der Waals surface area contributed by atoms with Crippen molar-refractivity contribution in [3.8, 4) is 79.7 Å². The molecule has 0 spiro atoms. The number of nitrogens with zero attached hydrogens (tertiary/aromatic N) is 8. The molecule has 0 saturated carbocycles. The Morgan fingerprint density at radius 1 is 0.235 bits per heavy atom. The zero-order valence-corrected chi connectivity index (χ0v) is 36.5. The molecule has 13 aromatic rings. The molecular formula is C60H38N8. The second-order valence-electron chi connectivity index (χ2n) is 16.7. The van der Waals surface area contributed by atoms with Crippen molar-refractivity contribution >= 4 is 43.6 Å². The van der Waals surface area contributed by atoms with E-state index in [1.165, 1.54) is 0 Å². The van der Waals surface area contributed by atoms with E-state index in [0.29, 0.717) is 35.1 Å². The van der Waals surface area contributed by atoms with Gasteiger partial charge in [0.2, 0.25) is 5.95 Å². The van der Waals surface area contributed by atoms with Gasteiger partial charge in [0.15, 0.2) is 29.1 Å². The number of hydrogen-bond donors (Lipinski definition) is 0. The van der Waals surface area contributed by atoms with Gasteiger partial charge in [-0.15, -0.1) is 0 Å². The molecule has 0 fully saturated rings. The minimum absolute atomic E-state index is 0.535. The van der Waals surface area contributed by atoms with Crippen LogP contribution < -0.4 is 0 Å². The number of fused-ring (bicyclic) bond motifs is 6. The molecule has 318 valence electrons. The van der Waals surface area contributed by atoms with Gasteiger partial charge >= 0.3 is 0 Å². The van der Waals surface area contributed by atoms with E-state index in [1.54, 1.807) is 0 Å². The number of benzene rings is 9. The molecule has 0 bridgehead atoms. The summed E-state index contributed by atoms with van der Waals surface area (Å²) in [7, 11) is 0. The van der Waals surface area contributed by atoms with Gasteiger partial charge in [0.25, 0.3) is 0 Å². The molecule has 0 aliphatic heterocycles. The normalized spacial score (nSPS) is 11.5. The fourth-order valence-electron chi connectivity index (χ4n) is 9.54. The van der Waals surface area contributed by atoms with Gasteiger partial charge < -0.3 is 4.57 Å². The third kappa shape index (κ3) is 6.62. The first-order valence-corrected chi connectivity index (χ1v) is 22.6. The summed E-state index contributed by atoms with van der Waals surface area (Å²) in [5.74, 6) is 3.50. The SMILES string of the molecule is c1ccc(-c2nc(-c3ccccc3-c3ccccc3)nc(-c3ccccc3-n3c4ccccc4c4cc5c6ccccc6n(-c6nc(-c7ccccc7)nc(-c7ccccc7)n6)c5cc43)n2)cc1. The Bertz CT molecular complexity index is 3960. The average molecular weight is 871 g/mol. The van der Waals surface area contributed by atoms with Crippen molar-refractivity contribution in [1.82, 2.24) is 39.0 Å². The van der Waals surface area contributed by atoms with E-state index in [2.05, 4.69) is 137 Å². The fourth-order valence-corrected chi connectivity index (χ4v) is 9.54. The highest BCUT2D eigenvalue weighted by atomic mass is 15.2. The van der Waals surface area contributed by atoms with Crippen LogP contribution in [-0.4, -0.2) is 39.0 Å². The van der Waals surface area contributed by atoms with Crippen LogP contribution in [0.15, 0.2) is 231 Å². The predicted molar refractivity (Wildman–Crippen MR) is 275 cm³/mol. The van der Waals surface area contributed by atoms with Crippen LogP contribution in [0.25, 0.3) is 123 Å². The van der Waals surface area contributed by atoms with E-state index < -0.39 is 0 Å². The van der Waals surface area contributed by atoms with Crippen LogP contribution in [0.5, 0.6) is 0 Å². The van der Waals surface area contributed by atoms with Crippen molar-refractivity contribution in [2.45, 2.75) is 0 Å². The molecule has 8 heteroatoms. The molecule has 4 aromatic heterocycles. The second-order valence-corrected chi connectivity index (χ2v) is 16.7. The molecule has 8 nitrogen and oxygen atoms in total. The first-order valence-electron chi connectivity index (χ1n) is 22.6. The summed E-state index contributed by atoms with van der Waals surface area (Å²) in [5.41, 5.74) is 11.6. The number of rotatable bonds is 8. The number of aromatic nitrogens is 8. The van der Waals surface area contributed by atoms with E-state index in [1.807, 2.05) is 103 Å². The second kappa shape index (κ2) is 16.2. The Balaban J connectivity index is 1.07. The van der Waals surface area contributed by atoms with E-state index in [0.717, 1.165) is 88.2 Å². The van der Waals surface area contributed by atoms with Gasteiger partial charge in [-0.3, -0.25) is 4.57 Å². The molecule has 9 aromatic carbocycles. The summed E-state index contributed by atoms with van der Waals surface area (Å²) in [6, 6.07) is 79.3. The summed E-state index contributed by atoms with van der Waals surface area (Å²) in [4.78, 5) is 31.3. The summed E-state index contributed by atoms with van der Waals surface area (Å²) in [6.07, 6.45) is 0. The Kier molecular flexibility index (Phi) is 9.31. The van der Waals surface area contributed by atoms with Crippen LogP contribution in [0.3, 0.4) is 0 Å². The van der Waals surface area contributed by atoms with Gasteiger partial charge in [0, 0.05) is 49.4 Å². The van der Waals surface area contributed by atoms with Crippen LogP contribution in [0.2, 0.25) is 0 Å². The van der Waals surface area contributed by atoms with Gasteiger partial charge in [0.05, 0.1) is 27.8 Å². The van der Waals surface area contributed by atoms with Gasteiger partial charge in [-0.2, -0.15) is 9.97 Å². The molecule has 0 aliphatic carbocycles. The van der Waals surface area contributed by atoms with Crippen molar-refractivity contribution < 1.29 is 0 Å². The van der Waals surface area contributed by atoms with Crippen LogP contribution in [0, 0.1) is 0 Å². The predicted octanol–water partition coefficient (Wildman–Crippen LogP) is 14.3. The maximum absolute atomic E-state index is 5.35. The third-order valence-electron chi connectivity index (χ3n) is 12.7. The number of para-hydroxylation sites is 3. The maximum Gasteiger partial charge on any atom is 0.238 e. The minimum Gasteiger partial charge on any atom is -0.308 e. The Hall–Kier alpha value is -9.40. The molecular weight excluding hydrogens is 833 g/mol. The first kappa shape index (κ1) is 39.0. The van der Waals surface area contributed by atoms with Crippen molar-refractivity contribution in [3.05, 3.63) is 231 Å². The third-order valence-corrected chi connectivity index (χ3v) is 12.7. The average Bonchev–Trinajstić information content (AvgIpc) is 3.92. The molecule has 0 saturated heterocycles. The lowest BCUT2D eigenvalue weighted by molar-refractivity contribution is 0.953. The van der Waals surface area contributed by atoms with Gasteiger partial charge in [-0.25, -0.2) is 19.9 Å². The lowest BCUT2D eigenvalue weighted by Gasteiger charge is -2.15. The monoisotopic (exact) mass is 870 g/mol. The van der Waals surface area contributed by atoms with Crippen LogP contribution in [0.4, 0.5) is 0 Å². The highest BCUT2D eigenvalue weighted by Crippen LogP contribution is 2.42. The zero-order chi connectivity index (χ0) is 45.0. The molecule has 0 radical (unpaired) electrons. The summed E-state index contributed by atoms with van der Waals surface area (Å²) < 4.78 is 4.54. The zero-order valence-electron chi connectivity index (χ0n) is 36.5. The fraction of sp³-hybridized carbons (Fsp3) is 0. The van der Waals surface area contributed by atoms with E-state index in [4.69, 9.17) is 29.9 Å². The summed E-state index contributed by atoms with van der Waals surface area (Å²) in [6.45, 7) is 0. The van der Waals surface area contributed by atoms with Gasteiger partial charge in [-0.05, 0) is 47.5 Å². The maximum atomic E-state index is 5.35. The van der Waals surface area contributed by atoms with Gasteiger partial charge in [-0.1, -0.05) is 194 Å². The largest absolute Gasteiger partial charge is 0.308 e. The molecule has 0 aliphatic rings. The van der Waals surface area contributed by atoms with E-state index >= 15 is 0 Å². The minimum atomic E-state index is 0.535. The molecule has 0 N–H and O–H groups in total. The topological polar surface area (TPSA) is 87.2 Å². The number of hydrogen-bond acceptors (Lipinski definition) is 6. The molecule has 13 rings (SSSR count). The smallest absolute Gasteiger partial charge is 0.238 e. The highest BCUT2D eigenvalue weighted by Gasteiger charge is 2.24. The molecule has 0 atom stereocenters. The van der Waals surface area contributed by atoms with Crippen molar-refractivity contribution in [2.24, 2.45) is 0 Å². The molecule has 0 amide bonds. The lowest BCUT2D eigenvalue weighted by Crippen LogP contribution is -2.06. The van der Waals surface area contributed by atoms with Crippen molar-refractivity contribution in [1.29, 1.82) is 0 Å². The Morgan fingerprint density at radius 2 is 0.618 bits per heavy atom. The first-order chi connectivity index (χ1) is 33.7. The van der Waals surface area contributed by atoms with Crippen LogP contribution in [0.1, 0.15) is 0 Å². The standard InChI is InChI=1S/C60H38N8/c1-5-21-39(22-6-1)43-29-13-14-32-46(43)58-62-55(40-23-7-2-8-24-40)63-59(64-58)47-33-17-20-36-52(47)67-50-34-18-15-30-44(50)48-37-49-45-31-16-19-35-51(45)68(54(49)38-53(48)67)60-65-56(41-25-9-3-10-26-41)61-57(66-60)42-27-11-4-12-28-42/h1-38H. The van der Waals surface area contributed by atoms with Crippen molar-refractivity contribution in [3.63, 3.8) is 0 Å². The van der Waals surface area contributed by atoms with E-state index in [9.17, 15) is 0 Å². The highest BCUT2D eigenvalue weighted by molar-refractivity contribution is 6.19. The van der Waals surface area contributed by atoms with Crippen LogP contribution in [-0.2, 0) is 0 Å². The lowest BCUT2D eigenvalue weighted by atomic mass is 9.99. The van der Waals surface area contributed by atoms with E-state index in [-0.39, 0.29) is 0 Å². The Labute approximate surface area is 391 Å². The van der Waals surface area contributed by atoms with Crippen molar-refractivity contribution in [2.75, 3.05) is 0 Å².